The number of hydrogen-bond acceptors (Lipinski definition) is 7. The van der Waals surface area contributed by atoms with E-state index in [0.29, 0.717) is 37.3 Å². The summed E-state index contributed by atoms with van der Waals surface area (Å²) in [4.78, 5) is 25.4. The molecule has 182 valence electrons. The predicted octanol–water partition coefficient (Wildman–Crippen LogP) is 2.61. The Morgan fingerprint density at radius 3 is 2.44 bits per heavy atom. The summed E-state index contributed by atoms with van der Waals surface area (Å²) in [6.45, 7) is 1.73. The Labute approximate surface area is 196 Å². The maximum absolute atomic E-state index is 13.4. The number of nitro benzene ring substituents is 1. The van der Waals surface area contributed by atoms with Gasteiger partial charge in [-0.15, -0.1) is 0 Å². The van der Waals surface area contributed by atoms with Gasteiger partial charge in [0.25, 0.3) is 5.69 Å². The molecule has 0 aliphatic carbocycles. The van der Waals surface area contributed by atoms with Crippen LogP contribution in [-0.4, -0.2) is 62.9 Å². The molecule has 0 spiro atoms. The molecule has 2 aliphatic rings. The second-order valence-electron chi connectivity index (χ2n) is 8.19. The number of nitrogens with zero attached hydrogens (tertiary/aromatic N) is 3. The molecular weight excluding hydrogens is 467 g/mol. The largest absolute Gasteiger partial charge is 0.379 e. The third kappa shape index (κ3) is 5.18. The molecule has 0 radical (unpaired) electrons. The SMILES string of the molecule is O=C(Nc1cccc(F)c1)C1CCN(c2ccc(S(=O)(=O)N3CCOCC3)cc2[N+](=O)[O-])CC1. The van der Waals surface area contributed by atoms with Crippen molar-refractivity contribution in [1.29, 1.82) is 0 Å². The second kappa shape index (κ2) is 10.0. The zero-order valence-corrected chi connectivity index (χ0v) is 19.2. The Balaban J connectivity index is 1.46. The first-order chi connectivity index (χ1) is 16.3. The number of carbonyl (C=O) groups is 1. The summed E-state index contributed by atoms with van der Waals surface area (Å²) in [5.74, 6) is -0.995. The fourth-order valence-corrected chi connectivity index (χ4v) is 5.64. The lowest BCUT2D eigenvalue weighted by Crippen LogP contribution is -2.40. The number of ether oxygens (including phenoxy) is 1. The van der Waals surface area contributed by atoms with Crippen molar-refractivity contribution in [2.45, 2.75) is 17.7 Å². The third-order valence-electron chi connectivity index (χ3n) is 6.05. The average Bonchev–Trinajstić information content (AvgIpc) is 2.84. The van der Waals surface area contributed by atoms with Crippen molar-refractivity contribution >= 4 is 33.0 Å². The van der Waals surface area contributed by atoms with Crippen LogP contribution in [0.2, 0.25) is 0 Å². The Hall–Kier alpha value is -3.09. The Kier molecular flexibility index (Phi) is 7.10. The van der Waals surface area contributed by atoms with Gasteiger partial charge in [-0.2, -0.15) is 4.31 Å². The molecule has 2 aromatic rings. The number of anilines is 2. The summed E-state index contributed by atoms with van der Waals surface area (Å²) >= 11 is 0. The van der Waals surface area contributed by atoms with Crippen molar-refractivity contribution in [3.05, 3.63) is 58.4 Å². The molecule has 0 aromatic heterocycles. The van der Waals surface area contributed by atoms with Crippen LogP contribution in [0.5, 0.6) is 0 Å². The molecule has 2 aliphatic heterocycles. The highest BCUT2D eigenvalue weighted by Crippen LogP contribution is 2.34. The molecule has 0 unspecified atom stereocenters. The normalized spacial score (nSPS) is 18.0. The molecule has 2 heterocycles. The standard InChI is InChI=1S/C22H25FN4O6S/c23-17-2-1-3-18(14-17)24-22(28)16-6-8-25(9-7-16)20-5-4-19(15-21(20)27(29)30)34(31,32)26-10-12-33-13-11-26/h1-5,14-16H,6-13H2,(H,24,28). The highest BCUT2D eigenvalue weighted by Gasteiger charge is 2.32. The zero-order valence-electron chi connectivity index (χ0n) is 18.4. The van der Waals surface area contributed by atoms with E-state index in [2.05, 4.69) is 5.32 Å². The third-order valence-corrected chi connectivity index (χ3v) is 7.94. The second-order valence-corrected chi connectivity index (χ2v) is 10.1. The van der Waals surface area contributed by atoms with E-state index >= 15 is 0 Å². The number of piperidine rings is 1. The monoisotopic (exact) mass is 492 g/mol. The summed E-state index contributed by atoms with van der Waals surface area (Å²) in [5, 5.41) is 14.5. The number of rotatable bonds is 6. The highest BCUT2D eigenvalue weighted by atomic mass is 32.2. The molecule has 2 saturated heterocycles. The molecule has 4 rings (SSSR count). The van der Waals surface area contributed by atoms with Gasteiger partial charge in [-0.1, -0.05) is 6.07 Å². The van der Waals surface area contributed by atoms with E-state index < -0.39 is 20.8 Å². The van der Waals surface area contributed by atoms with Crippen LogP contribution in [0.15, 0.2) is 47.4 Å². The van der Waals surface area contributed by atoms with Gasteiger partial charge in [-0.05, 0) is 43.2 Å². The van der Waals surface area contributed by atoms with Crippen LogP contribution in [0.4, 0.5) is 21.5 Å². The van der Waals surface area contributed by atoms with E-state index in [9.17, 15) is 27.7 Å². The quantitative estimate of drug-likeness (QED) is 0.486. The lowest BCUT2D eigenvalue weighted by Gasteiger charge is -2.33. The number of hydrogen-bond donors (Lipinski definition) is 1. The Bertz CT molecular complexity index is 1180. The van der Waals surface area contributed by atoms with Crippen LogP contribution in [-0.2, 0) is 19.6 Å². The van der Waals surface area contributed by atoms with Gasteiger partial charge in [0.2, 0.25) is 15.9 Å². The summed E-state index contributed by atoms with van der Waals surface area (Å²) in [6.07, 6.45) is 0.901. The smallest absolute Gasteiger partial charge is 0.293 e. The van der Waals surface area contributed by atoms with E-state index in [0.717, 1.165) is 6.07 Å². The average molecular weight is 493 g/mol. The van der Waals surface area contributed by atoms with Crippen LogP contribution in [0.3, 0.4) is 0 Å². The summed E-state index contributed by atoms with van der Waals surface area (Å²) < 4.78 is 45.6. The Morgan fingerprint density at radius 2 is 1.79 bits per heavy atom. The molecule has 2 fully saturated rings. The molecule has 0 atom stereocenters. The first-order valence-corrected chi connectivity index (χ1v) is 12.4. The van der Waals surface area contributed by atoms with Crippen LogP contribution in [0, 0.1) is 21.8 Å². The van der Waals surface area contributed by atoms with Crippen molar-refractivity contribution in [3.8, 4) is 0 Å². The van der Waals surface area contributed by atoms with Gasteiger partial charge < -0.3 is 15.0 Å². The van der Waals surface area contributed by atoms with Crippen molar-refractivity contribution in [2.75, 3.05) is 49.6 Å². The lowest BCUT2D eigenvalue weighted by molar-refractivity contribution is -0.384. The van der Waals surface area contributed by atoms with E-state index in [1.54, 1.807) is 11.0 Å². The number of sulfonamides is 1. The van der Waals surface area contributed by atoms with Crippen molar-refractivity contribution in [2.24, 2.45) is 5.92 Å². The number of nitro groups is 1. The first kappa shape index (κ1) is 24.0. The van der Waals surface area contributed by atoms with E-state index in [1.165, 1.54) is 34.6 Å². The number of amides is 1. The maximum Gasteiger partial charge on any atom is 0.293 e. The predicted molar refractivity (Wildman–Crippen MR) is 123 cm³/mol. The van der Waals surface area contributed by atoms with Gasteiger partial charge in [0.1, 0.15) is 11.5 Å². The highest BCUT2D eigenvalue weighted by molar-refractivity contribution is 7.89. The molecule has 34 heavy (non-hydrogen) atoms. The van der Waals surface area contributed by atoms with E-state index in [1.807, 2.05) is 0 Å². The number of nitrogens with one attached hydrogen (secondary N) is 1. The van der Waals surface area contributed by atoms with Crippen molar-refractivity contribution in [1.82, 2.24) is 4.31 Å². The number of morpholine rings is 1. The van der Waals surface area contributed by atoms with Gasteiger partial charge in [-0.25, -0.2) is 12.8 Å². The van der Waals surface area contributed by atoms with Crippen LogP contribution < -0.4 is 10.2 Å². The van der Waals surface area contributed by atoms with Gasteiger partial charge in [-0.3, -0.25) is 14.9 Å². The molecule has 0 bridgehead atoms. The molecule has 1 N–H and O–H groups in total. The lowest BCUT2D eigenvalue weighted by atomic mass is 9.95. The summed E-state index contributed by atoms with van der Waals surface area (Å²) in [5.41, 5.74) is 0.395. The minimum Gasteiger partial charge on any atom is -0.379 e. The molecule has 12 heteroatoms. The van der Waals surface area contributed by atoms with Crippen molar-refractivity contribution < 1.29 is 27.3 Å². The number of carbonyl (C=O) groups excluding carboxylic acids is 1. The molecule has 2 aromatic carbocycles. The summed E-state index contributed by atoms with van der Waals surface area (Å²) in [6, 6.07) is 9.58. The molecule has 10 nitrogen and oxygen atoms in total. The van der Waals surface area contributed by atoms with Gasteiger partial charge in [0.15, 0.2) is 0 Å². The topological polar surface area (TPSA) is 122 Å². The van der Waals surface area contributed by atoms with Crippen molar-refractivity contribution in [3.63, 3.8) is 0 Å². The minimum atomic E-state index is -3.87. The number of benzene rings is 2. The maximum atomic E-state index is 13.4. The fraction of sp³-hybridized carbons (Fsp3) is 0.409. The Morgan fingerprint density at radius 1 is 1.09 bits per heavy atom. The minimum absolute atomic E-state index is 0.130. The molecular formula is C22H25FN4O6S. The van der Waals surface area contributed by atoms with Crippen LogP contribution >= 0.6 is 0 Å². The van der Waals surface area contributed by atoms with E-state index in [-0.39, 0.29) is 48.7 Å². The van der Waals surface area contributed by atoms with Crippen LogP contribution in [0.25, 0.3) is 0 Å². The van der Waals surface area contributed by atoms with Gasteiger partial charge >= 0.3 is 0 Å². The number of halogens is 1. The van der Waals surface area contributed by atoms with Gasteiger partial charge in [0.05, 0.1) is 23.0 Å². The summed E-state index contributed by atoms with van der Waals surface area (Å²) in [7, 11) is -3.87. The fourth-order valence-electron chi connectivity index (χ4n) is 4.21. The molecule has 1 amide bonds. The zero-order chi connectivity index (χ0) is 24.3. The van der Waals surface area contributed by atoms with Gasteiger partial charge in [0, 0.05) is 43.9 Å². The molecule has 0 saturated carbocycles. The van der Waals surface area contributed by atoms with Crippen LogP contribution in [0.1, 0.15) is 12.8 Å². The first-order valence-electron chi connectivity index (χ1n) is 10.9. The van der Waals surface area contributed by atoms with E-state index in [4.69, 9.17) is 4.74 Å².